The fraction of sp³-hybridized carbons (Fsp3) is 0.0769. The lowest BCUT2D eigenvalue weighted by atomic mass is 10.1. The number of anilines is 2. The van der Waals surface area contributed by atoms with Gasteiger partial charge in [0.2, 0.25) is 0 Å². The Balaban J connectivity index is 2.22. The first-order chi connectivity index (χ1) is 8.58. The van der Waals surface area contributed by atoms with Gasteiger partial charge in [0.25, 0.3) is 5.91 Å². The fourth-order valence-electron chi connectivity index (χ4n) is 1.48. The number of benzene rings is 1. The van der Waals surface area contributed by atoms with Crippen LogP contribution in [-0.2, 0) is 0 Å². The number of aromatic hydroxyl groups is 1. The molecule has 18 heavy (non-hydrogen) atoms. The lowest BCUT2D eigenvalue weighted by molar-refractivity contribution is 0.102. The number of aromatic nitrogens is 1. The van der Waals surface area contributed by atoms with Crippen LogP contribution < -0.4 is 11.1 Å². The first kappa shape index (κ1) is 11.9. The zero-order valence-corrected chi connectivity index (χ0v) is 9.84. The van der Waals surface area contributed by atoms with Gasteiger partial charge in [-0.25, -0.2) is 0 Å². The van der Waals surface area contributed by atoms with Crippen LogP contribution in [0.4, 0.5) is 11.4 Å². The molecule has 0 atom stereocenters. The van der Waals surface area contributed by atoms with Gasteiger partial charge in [-0.15, -0.1) is 0 Å². The van der Waals surface area contributed by atoms with Gasteiger partial charge in [0.05, 0.1) is 23.1 Å². The Morgan fingerprint density at radius 2 is 2.11 bits per heavy atom. The van der Waals surface area contributed by atoms with Crippen molar-refractivity contribution in [2.45, 2.75) is 6.92 Å². The third kappa shape index (κ3) is 2.40. The standard InChI is InChI=1S/C13H13N3O2/c1-8-5-6-9(7-15-8)16-13(18)10-3-2-4-11(14)12(10)17/h2-7,17H,14H2,1H3,(H,16,18). The van der Waals surface area contributed by atoms with E-state index in [1.807, 2.05) is 6.92 Å². The summed E-state index contributed by atoms with van der Waals surface area (Å²) in [4.78, 5) is 16.0. The molecule has 0 fully saturated rings. The topological polar surface area (TPSA) is 88.2 Å². The van der Waals surface area contributed by atoms with Gasteiger partial charge >= 0.3 is 0 Å². The monoisotopic (exact) mass is 243 g/mol. The van der Waals surface area contributed by atoms with Gasteiger partial charge in [-0.05, 0) is 31.2 Å². The van der Waals surface area contributed by atoms with Crippen molar-refractivity contribution >= 4 is 17.3 Å². The Labute approximate surface area is 104 Å². The molecule has 5 heteroatoms. The Kier molecular flexibility index (Phi) is 3.14. The summed E-state index contributed by atoms with van der Waals surface area (Å²) in [6.07, 6.45) is 1.55. The number of amides is 1. The maximum Gasteiger partial charge on any atom is 0.259 e. The summed E-state index contributed by atoms with van der Waals surface area (Å²) in [5, 5.41) is 12.3. The van der Waals surface area contributed by atoms with E-state index >= 15 is 0 Å². The predicted octanol–water partition coefficient (Wildman–Crippen LogP) is 1.93. The van der Waals surface area contributed by atoms with Gasteiger partial charge in [0.15, 0.2) is 5.75 Å². The van der Waals surface area contributed by atoms with E-state index in [0.29, 0.717) is 5.69 Å². The van der Waals surface area contributed by atoms with Crippen LogP contribution in [0.3, 0.4) is 0 Å². The molecule has 1 aromatic heterocycles. The van der Waals surface area contributed by atoms with Crippen molar-refractivity contribution in [2.75, 3.05) is 11.1 Å². The number of hydrogen-bond acceptors (Lipinski definition) is 4. The van der Waals surface area contributed by atoms with Crippen molar-refractivity contribution in [1.82, 2.24) is 4.98 Å². The van der Waals surface area contributed by atoms with E-state index in [1.54, 1.807) is 24.4 Å². The number of hydrogen-bond donors (Lipinski definition) is 3. The number of carbonyl (C=O) groups is 1. The molecular formula is C13H13N3O2. The molecule has 0 radical (unpaired) electrons. The van der Waals surface area contributed by atoms with Crippen LogP contribution in [0.25, 0.3) is 0 Å². The molecule has 0 saturated heterocycles. The first-order valence-electron chi connectivity index (χ1n) is 5.39. The minimum absolute atomic E-state index is 0.135. The van der Waals surface area contributed by atoms with Crippen molar-refractivity contribution in [1.29, 1.82) is 0 Å². The van der Waals surface area contributed by atoms with Crippen molar-refractivity contribution in [2.24, 2.45) is 0 Å². The molecule has 1 aromatic carbocycles. The second-order valence-electron chi connectivity index (χ2n) is 3.89. The largest absolute Gasteiger partial charge is 0.505 e. The number of nitrogens with zero attached hydrogens (tertiary/aromatic N) is 1. The third-order valence-corrected chi connectivity index (χ3v) is 2.48. The molecule has 2 rings (SSSR count). The zero-order chi connectivity index (χ0) is 13.1. The summed E-state index contributed by atoms with van der Waals surface area (Å²) in [6, 6.07) is 8.16. The van der Waals surface area contributed by atoms with Crippen LogP contribution in [0, 0.1) is 6.92 Å². The predicted molar refractivity (Wildman–Crippen MR) is 69.4 cm³/mol. The minimum atomic E-state index is -0.426. The van der Waals surface area contributed by atoms with Gasteiger partial charge in [-0.1, -0.05) is 6.07 Å². The lowest BCUT2D eigenvalue weighted by Gasteiger charge is -2.08. The van der Waals surface area contributed by atoms with E-state index in [0.717, 1.165) is 5.69 Å². The molecule has 0 spiro atoms. The number of nitrogens with two attached hydrogens (primary N) is 1. The number of nitrogens with one attached hydrogen (secondary N) is 1. The second kappa shape index (κ2) is 4.75. The summed E-state index contributed by atoms with van der Waals surface area (Å²) in [6.45, 7) is 1.86. The number of phenols is 1. The molecule has 1 amide bonds. The smallest absolute Gasteiger partial charge is 0.259 e. The van der Waals surface area contributed by atoms with Gasteiger partial charge < -0.3 is 16.2 Å². The van der Waals surface area contributed by atoms with Crippen LogP contribution in [0.1, 0.15) is 16.1 Å². The molecule has 2 aromatic rings. The van der Waals surface area contributed by atoms with Crippen LogP contribution in [0.5, 0.6) is 5.75 Å². The van der Waals surface area contributed by atoms with Gasteiger partial charge in [0, 0.05) is 5.69 Å². The second-order valence-corrected chi connectivity index (χ2v) is 3.89. The molecule has 0 aliphatic rings. The Morgan fingerprint density at radius 3 is 2.78 bits per heavy atom. The van der Waals surface area contributed by atoms with E-state index in [2.05, 4.69) is 10.3 Å². The maximum atomic E-state index is 11.9. The van der Waals surface area contributed by atoms with Gasteiger partial charge in [-0.3, -0.25) is 9.78 Å². The average molecular weight is 243 g/mol. The van der Waals surface area contributed by atoms with E-state index in [1.165, 1.54) is 12.1 Å². The Bertz CT molecular complexity index is 579. The average Bonchev–Trinajstić information content (AvgIpc) is 2.35. The van der Waals surface area contributed by atoms with E-state index in [9.17, 15) is 9.90 Å². The highest BCUT2D eigenvalue weighted by Crippen LogP contribution is 2.25. The third-order valence-electron chi connectivity index (χ3n) is 2.48. The number of phenolic OH excluding ortho intramolecular Hbond substituents is 1. The highest BCUT2D eigenvalue weighted by Gasteiger charge is 2.12. The molecule has 1 heterocycles. The number of aryl methyl sites for hydroxylation is 1. The van der Waals surface area contributed by atoms with Crippen molar-refractivity contribution < 1.29 is 9.90 Å². The van der Waals surface area contributed by atoms with E-state index in [-0.39, 0.29) is 17.0 Å². The van der Waals surface area contributed by atoms with Crippen molar-refractivity contribution in [3.63, 3.8) is 0 Å². The zero-order valence-electron chi connectivity index (χ0n) is 9.84. The summed E-state index contributed by atoms with van der Waals surface area (Å²) >= 11 is 0. The first-order valence-corrected chi connectivity index (χ1v) is 5.39. The van der Waals surface area contributed by atoms with E-state index < -0.39 is 5.91 Å². The quantitative estimate of drug-likeness (QED) is 0.555. The van der Waals surface area contributed by atoms with Crippen molar-refractivity contribution in [3.05, 3.63) is 47.8 Å². The highest BCUT2D eigenvalue weighted by molar-refractivity contribution is 6.07. The lowest BCUT2D eigenvalue weighted by Crippen LogP contribution is -2.12. The summed E-state index contributed by atoms with van der Waals surface area (Å²) < 4.78 is 0. The number of para-hydroxylation sites is 1. The molecule has 4 N–H and O–H groups in total. The molecule has 0 saturated carbocycles. The van der Waals surface area contributed by atoms with Crippen LogP contribution >= 0.6 is 0 Å². The minimum Gasteiger partial charge on any atom is -0.505 e. The van der Waals surface area contributed by atoms with Crippen LogP contribution in [-0.4, -0.2) is 16.0 Å². The molecular weight excluding hydrogens is 230 g/mol. The molecule has 92 valence electrons. The van der Waals surface area contributed by atoms with Crippen molar-refractivity contribution in [3.8, 4) is 5.75 Å². The number of carbonyl (C=O) groups excluding carboxylic acids is 1. The summed E-state index contributed by atoms with van der Waals surface area (Å²) in [7, 11) is 0. The molecule has 0 aliphatic heterocycles. The van der Waals surface area contributed by atoms with E-state index in [4.69, 9.17) is 5.73 Å². The molecule has 0 bridgehead atoms. The number of nitrogen functional groups attached to an aromatic ring is 1. The summed E-state index contributed by atoms with van der Waals surface area (Å²) in [5.41, 5.74) is 7.26. The number of pyridine rings is 1. The summed E-state index contributed by atoms with van der Waals surface area (Å²) in [5.74, 6) is -0.638. The molecule has 5 nitrogen and oxygen atoms in total. The highest BCUT2D eigenvalue weighted by atomic mass is 16.3. The van der Waals surface area contributed by atoms with Gasteiger partial charge in [0.1, 0.15) is 0 Å². The van der Waals surface area contributed by atoms with Crippen LogP contribution in [0.15, 0.2) is 36.5 Å². The Morgan fingerprint density at radius 1 is 1.33 bits per heavy atom. The normalized spacial score (nSPS) is 10.1. The van der Waals surface area contributed by atoms with Gasteiger partial charge in [-0.2, -0.15) is 0 Å². The van der Waals surface area contributed by atoms with Crippen LogP contribution in [0.2, 0.25) is 0 Å². The molecule has 0 aliphatic carbocycles. The Hall–Kier alpha value is -2.56. The number of rotatable bonds is 2. The fourth-order valence-corrected chi connectivity index (χ4v) is 1.48. The molecule has 0 unspecified atom stereocenters. The SMILES string of the molecule is Cc1ccc(NC(=O)c2cccc(N)c2O)cn1. The maximum absolute atomic E-state index is 11.9.